The first-order valence-corrected chi connectivity index (χ1v) is 13.7. The van der Waals surface area contributed by atoms with Gasteiger partial charge in [0.25, 0.3) is 0 Å². The quantitative estimate of drug-likeness (QED) is 0.612. The summed E-state index contributed by atoms with van der Waals surface area (Å²) in [6, 6.07) is 6.99. The minimum atomic E-state index is -0.393. The van der Waals surface area contributed by atoms with E-state index in [1.165, 1.54) is 50.5 Å². The van der Waals surface area contributed by atoms with E-state index in [-0.39, 0.29) is 5.41 Å². The van der Waals surface area contributed by atoms with Gasteiger partial charge in [-0.1, -0.05) is 6.07 Å². The van der Waals surface area contributed by atoms with Gasteiger partial charge in [-0.25, -0.2) is 0 Å². The summed E-state index contributed by atoms with van der Waals surface area (Å²) in [5, 5.41) is 0. The molecule has 1 spiro atoms. The maximum atomic E-state index is 7.10. The van der Waals surface area contributed by atoms with Gasteiger partial charge in [-0.3, -0.25) is 0 Å². The SMILES string of the molecule is COc1ccc([C@]23CCN(C)[C@H]2CC2(CC3)OCC(C34CCC5CC(CC5C3)C4)O2)cc1OC. The summed E-state index contributed by atoms with van der Waals surface area (Å²) < 4.78 is 25.0. The Bertz CT molecular complexity index is 963. The Hall–Kier alpha value is -1.30. The van der Waals surface area contributed by atoms with Gasteiger partial charge in [0.2, 0.25) is 0 Å². The predicted molar refractivity (Wildman–Crippen MR) is 130 cm³/mol. The Kier molecular flexibility index (Phi) is 4.90. The molecule has 0 amide bonds. The van der Waals surface area contributed by atoms with E-state index in [0.717, 1.165) is 61.7 Å². The molecule has 1 aromatic carbocycles. The molecule has 6 aliphatic rings. The standard InChI is InChI=1S/C29H41NO4/c1-30-11-10-28(22-4-5-23(31-2)24(14-22)32-3)8-9-29(17-25(28)30)33-18-26(34-29)27-7-6-20-12-19(15-27)13-21(20)16-27/h4-5,14,19-21,25-26H,6-13,15-18H2,1-3H3/t19?,20?,21?,25-,26?,27?,28-,29?/m0/s1. The van der Waals surface area contributed by atoms with Crippen LogP contribution in [0, 0.1) is 23.2 Å². The second kappa shape index (κ2) is 7.60. The van der Waals surface area contributed by atoms with Crippen LogP contribution in [0.1, 0.15) is 69.8 Å². The van der Waals surface area contributed by atoms with Crippen LogP contribution in [0.4, 0.5) is 0 Å². The maximum absolute atomic E-state index is 7.10. The van der Waals surface area contributed by atoms with Crippen molar-refractivity contribution in [2.24, 2.45) is 23.2 Å². The summed E-state index contributed by atoms with van der Waals surface area (Å²) >= 11 is 0. The fraction of sp³-hybridized carbons (Fsp3) is 0.793. The summed E-state index contributed by atoms with van der Waals surface area (Å²) in [7, 11) is 5.73. The number of benzene rings is 1. The fourth-order valence-corrected chi connectivity index (χ4v) is 9.68. The van der Waals surface area contributed by atoms with Crippen LogP contribution in [-0.4, -0.2) is 57.3 Å². The number of methoxy groups -OCH3 is 2. The second-order valence-corrected chi connectivity index (χ2v) is 12.7. The molecule has 186 valence electrons. The number of fused-ring (bicyclic) bond motifs is 3. The van der Waals surface area contributed by atoms with Crippen molar-refractivity contribution in [3.63, 3.8) is 0 Å². The van der Waals surface area contributed by atoms with Gasteiger partial charge in [0, 0.05) is 24.3 Å². The molecular formula is C29H41NO4. The normalized spacial score (nSPS) is 47.3. The molecule has 5 nitrogen and oxygen atoms in total. The third kappa shape index (κ3) is 3.02. The lowest BCUT2D eigenvalue weighted by molar-refractivity contribution is -0.218. The third-order valence-electron chi connectivity index (χ3n) is 11.3. The molecule has 5 heteroatoms. The lowest BCUT2D eigenvalue weighted by atomic mass is 9.59. The molecule has 1 aromatic rings. The molecular weight excluding hydrogens is 426 g/mol. The van der Waals surface area contributed by atoms with Crippen molar-refractivity contribution in [3.8, 4) is 11.5 Å². The molecule has 0 radical (unpaired) electrons. The zero-order chi connectivity index (χ0) is 23.1. The van der Waals surface area contributed by atoms with E-state index < -0.39 is 5.79 Å². The zero-order valence-corrected chi connectivity index (χ0v) is 21.2. The van der Waals surface area contributed by atoms with Gasteiger partial charge in [0.05, 0.1) is 26.9 Å². The van der Waals surface area contributed by atoms with Crippen LogP contribution < -0.4 is 9.47 Å². The van der Waals surface area contributed by atoms with Gasteiger partial charge in [-0.2, -0.15) is 0 Å². The van der Waals surface area contributed by atoms with Crippen LogP contribution in [0.5, 0.6) is 11.5 Å². The summed E-state index contributed by atoms with van der Waals surface area (Å²) in [6.45, 7) is 1.93. The molecule has 34 heavy (non-hydrogen) atoms. The van der Waals surface area contributed by atoms with Crippen LogP contribution in [0.15, 0.2) is 18.2 Å². The molecule has 0 aromatic heterocycles. The summed E-state index contributed by atoms with van der Waals surface area (Å²) in [6.07, 6.45) is 13.1. The monoisotopic (exact) mass is 467 g/mol. The molecule has 6 fully saturated rings. The number of hydrogen-bond acceptors (Lipinski definition) is 5. The fourth-order valence-electron chi connectivity index (χ4n) is 9.68. The molecule has 6 unspecified atom stereocenters. The molecule has 2 aliphatic heterocycles. The van der Waals surface area contributed by atoms with Crippen LogP contribution >= 0.6 is 0 Å². The number of ether oxygens (including phenoxy) is 4. The Morgan fingerprint density at radius 2 is 1.79 bits per heavy atom. The van der Waals surface area contributed by atoms with Crippen molar-refractivity contribution in [2.45, 2.75) is 87.6 Å². The molecule has 8 atom stereocenters. The number of likely N-dealkylation sites (tertiary alicyclic amines) is 1. The van der Waals surface area contributed by atoms with Crippen LogP contribution in [0.25, 0.3) is 0 Å². The summed E-state index contributed by atoms with van der Waals surface area (Å²) in [5.41, 5.74) is 1.90. The Morgan fingerprint density at radius 3 is 2.65 bits per heavy atom. The molecule has 4 saturated carbocycles. The maximum Gasteiger partial charge on any atom is 0.170 e. The Morgan fingerprint density at radius 1 is 0.941 bits per heavy atom. The number of rotatable bonds is 4. The van der Waals surface area contributed by atoms with Crippen molar-refractivity contribution in [1.29, 1.82) is 0 Å². The van der Waals surface area contributed by atoms with Crippen molar-refractivity contribution < 1.29 is 18.9 Å². The first-order valence-electron chi connectivity index (χ1n) is 13.7. The smallest absolute Gasteiger partial charge is 0.170 e. The van der Waals surface area contributed by atoms with Gasteiger partial charge >= 0.3 is 0 Å². The van der Waals surface area contributed by atoms with Crippen LogP contribution in [-0.2, 0) is 14.9 Å². The van der Waals surface area contributed by atoms with Crippen LogP contribution in [0.2, 0.25) is 0 Å². The highest BCUT2D eigenvalue weighted by atomic mass is 16.7. The van der Waals surface area contributed by atoms with Gasteiger partial charge in [0.15, 0.2) is 17.3 Å². The molecule has 7 rings (SSSR count). The molecule has 2 saturated heterocycles. The Labute approximate surface area is 204 Å². The minimum Gasteiger partial charge on any atom is -0.493 e. The van der Waals surface area contributed by atoms with Gasteiger partial charge in [-0.15, -0.1) is 0 Å². The molecule has 2 heterocycles. The van der Waals surface area contributed by atoms with Gasteiger partial charge in [0.1, 0.15) is 0 Å². The number of nitrogens with zero attached hydrogens (tertiary/aromatic N) is 1. The van der Waals surface area contributed by atoms with Crippen LogP contribution in [0.3, 0.4) is 0 Å². The van der Waals surface area contributed by atoms with Gasteiger partial charge < -0.3 is 23.8 Å². The Balaban J connectivity index is 1.14. The topological polar surface area (TPSA) is 40.2 Å². The number of hydrogen-bond donors (Lipinski definition) is 0. The van der Waals surface area contributed by atoms with E-state index in [9.17, 15) is 0 Å². The molecule has 4 aliphatic carbocycles. The highest BCUT2D eigenvalue weighted by molar-refractivity contribution is 5.46. The minimum absolute atomic E-state index is 0.130. The zero-order valence-electron chi connectivity index (χ0n) is 21.2. The van der Waals surface area contributed by atoms with Crippen molar-refractivity contribution >= 4 is 0 Å². The van der Waals surface area contributed by atoms with Gasteiger partial charge in [-0.05, 0) is 106 Å². The first-order chi connectivity index (χ1) is 16.5. The highest BCUT2D eigenvalue weighted by Crippen LogP contribution is 2.64. The van der Waals surface area contributed by atoms with E-state index >= 15 is 0 Å². The van der Waals surface area contributed by atoms with E-state index in [4.69, 9.17) is 18.9 Å². The second-order valence-electron chi connectivity index (χ2n) is 12.7. The molecule has 0 N–H and O–H groups in total. The van der Waals surface area contributed by atoms with Crippen molar-refractivity contribution in [2.75, 3.05) is 34.4 Å². The predicted octanol–water partition coefficient (Wildman–Crippen LogP) is 5.16. The largest absolute Gasteiger partial charge is 0.493 e. The van der Waals surface area contributed by atoms with Crippen molar-refractivity contribution in [3.05, 3.63) is 23.8 Å². The van der Waals surface area contributed by atoms with E-state index in [1.54, 1.807) is 14.2 Å². The number of likely N-dealkylation sites (N-methyl/N-ethyl adjacent to an activating group) is 1. The van der Waals surface area contributed by atoms with E-state index in [0.29, 0.717) is 17.6 Å². The average Bonchev–Trinajstić information content (AvgIpc) is 3.49. The molecule has 3 bridgehead atoms. The summed E-state index contributed by atoms with van der Waals surface area (Å²) in [5.74, 6) is 4.18. The summed E-state index contributed by atoms with van der Waals surface area (Å²) in [4.78, 5) is 2.56. The highest BCUT2D eigenvalue weighted by Gasteiger charge is 2.62. The third-order valence-corrected chi connectivity index (χ3v) is 11.3. The van der Waals surface area contributed by atoms with E-state index in [1.807, 2.05) is 0 Å². The lowest BCUT2D eigenvalue weighted by Crippen LogP contribution is -2.53. The lowest BCUT2D eigenvalue weighted by Gasteiger charge is -2.50. The first kappa shape index (κ1) is 21.9. The van der Waals surface area contributed by atoms with Crippen molar-refractivity contribution in [1.82, 2.24) is 4.90 Å². The van der Waals surface area contributed by atoms with E-state index in [2.05, 4.69) is 30.1 Å². The average molecular weight is 468 g/mol.